The van der Waals surface area contributed by atoms with Crippen LogP contribution in [-0.4, -0.2) is 37.6 Å². The molecular weight excluding hydrogens is 356 g/mol. The van der Waals surface area contributed by atoms with Gasteiger partial charge in [0.15, 0.2) is 0 Å². The van der Waals surface area contributed by atoms with Crippen LogP contribution in [0.15, 0.2) is 52.4 Å². The fourth-order valence-corrected chi connectivity index (χ4v) is 3.85. The molecule has 0 bridgehead atoms. The number of anilines is 1. The number of hydrogen-bond acceptors (Lipinski definition) is 7. The Kier molecular flexibility index (Phi) is 4.56. The maximum absolute atomic E-state index is 12.9. The molecule has 8 nitrogen and oxygen atoms in total. The maximum atomic E-state index is 12.9. The standard InChI is InChI=1S/C17H18N4O4S/c1-11-17(26(22,23)14-7-4-12(18)5-8-14)19-20-21(11)15-10-13(24-2)6-9-16(15)25-3/h4-10H,18H2,1-3H3. The summed E-state index contributed by atoms with van der Waals surface area (Å²) in [5, 5.41) is 7.77. The molecule has 0 fully saturated rings. The van der Waals surface area contributed by atoms with Crippen molar-refractivity contribution in [2.24, 2.45) is 0 Å². The van der Waals surface area contributed by atoms with Crippen molar-refractivity contribution in [3.63, 3.8) is 0 Å². The molecule has 136 valence electrons. The van der Waals surface area contributed by atoms with Gasteiger partial charge in [0, 0.05) is 11.8 Å². The Hall–Kier alpha value is -3.07. The molecule has 3 aromatic rings. The summed E-state index contributed by atoms with van der Waals surface area (Å²) in [6, 6.07) is 11.1. The Morgan fingerprint density at radius 1 is 1.04 bits per heavy atom. The minimum Gasteiger partial charge on any atom is -0.497 e. The summed E-state index contributed by atoms with van der Waals surface area (Å²) in [5.74, 6) is 1.09. The lowest BCUT2D eigenvalue weighted by molar-refractivity contribution is 0.400. The van der Waals surface area contributed by atoms with Crippen LogP contribution in [0.3, 0.4) is 0 Å². The first-order chi connectivity index (χ1) is 12.4. The predicted octanol–water partition coefficient (Wildman–Crippen LogP) is 2.01. The van der Waals surface area contributed by atoms with E-state index in [0.29, 0.717) is 28.6 Å². The van der Waals surface area contributed by atoms with Gasteiger partial charge in [0.05, 0.1) is 24.8 Å². The van der Waals surface area contributed by atoms with Gasteiger partial charge in [-0.2, -0.15) is 0 Å². The highest BCUT2D eigenvalue weighted by Gasteiger charge is 2.26. The molecule has 0 aliphatic rings. The second kappa shape index (κ2) is 6.68. The van der Waals surface area contributed by atoms with Gasteiger partial charge in [-0.25, -0.2) is 13.1 Å². The Morgan fingerprint density at radius 2 is 1.73 bits per heavy atom. The van der Waals surface area contributed by atoms with E-state index in [1.165, 1.54) is 43.2 Å². The molecule has 0 radical (unpaired) electrons. The summed E-state index contributed by atoms with van der Waals surface area (Å²) in [6.07, 6.45) is 0. The van der Waals surface area contributed by atoms with Crippen LogP contribution in [0.1, 0.15) is 5.69 Å². The van der Waals surface area contributed by atoms with E-state index in [-0.39, 0.29) is 9.92 Å². The van der Waals surface area contributed by atoms with E-state index in [1.807, 2.05) is 0 Å². The molecule has 1 heterocycles. The summed E-state index contributed by atoms with van der Waals surface area (Å²) in [5.41, 5.74) is 6.98. The lowest BCUT2D eigenvalue weighted by Gasteiger charge is -2.11. The minimum absolute atomic E-state index is 0.0967. The molecule has 0 saturated carbocycles. The molecule has 1 aromatic heterocycles. The van der Waals surface area contributed by atoms with E-state index in [1.54, 1.807) is 25.1 Å². The highest BCUT2D eigenvalue weighted by Crippen LogP contribution is 2.30. The molecule has 0 unspecified atom stereocenters. The van der Waals surface area contributed by atoms with Crippen LogP contribution in [0, 0.1) is 6.92 Å². The minimum atomic E-state index is -3.83. The maximum Gasteiger partial charge on any atom is 0.227 e. The molecule has 0 amide bonds. The van der Waals surface area contributed by atoms with Crippen LogP contribution in [0.4, 0.5) is 5.69 Å². The van der Waals surface area contributed by atoms with Crippen molar-refractivity contribution >= 4 is 15.5 Å². The highest BCUT2D eigenvalue weighted by atomic mass is 32.2. The number of methoxy groups -OCH3 is 2. The van der Waals surface area contributed by atoms with Crippen LogP contribution in [0.5, 0.6) is 11.5 Å². The molecule has 0 aliphatic heterocycles. The van der Waals surface area contributed by atoms with Crippen LogP contribution in [-0.2, 0) is 9.84 Å². The smallest absolute Gasteiger partial charge is 0.227 e. The lowest BCUT2D eigenvalue weighted by atomic mass is 10.2. The second-order valence-electron chi connectivity index (χ2n) is 5.50. The summed E-state index contributed by atoms with van der Waals surface area (Å²) in [7, 11) is -0.775. The summed E-state index contributed by atoms with van der Waals surface area (Å²) >= 11 is 0. The number of nitrogens with zero attached hydrogens (tertiary/aromatic N) is 3. The van der Waals surface area contributed by atoms with Crippen LogP contribution in [0.2, 0.25) is 0 Å². The fourth-order valence-electron chi connectivity index (χ4n) is 2.51. The number of sulfone groups is 1. The topological polar surface area (TPSA) is 109 Å². The molecule has 26 heavy (non-hydrogen) atoms. The predicted molar refractivity (Wildman–Crippen MR) is 95.5 cm³/mol. The van der Waals surface area contributed by atoms with Crippen molar-refractivity contribution in [2.45, 2.75) is 16.8 Å². The fraction of sp³-hybridized carbons (Fsp3) is 0.176. The van der Waals surface area contributed by atoms with Gasteiger partial charge in [-0.15, -0.1) is 5.10 Å². The van der Waals surface area contributed by atoms with E-state index in [4.69, 9.17) is 15.2 Å². The molecule has 0 spiro atoms. The van der Waals surface area contributed by atoms with E-state index in [0.717, 1.165) is 0 Å². The largest absolute Gasteiger partial charge is 0.497 e. The zero-order chi connectivity index (χ0) is 18.9. The average Bonchev–Trinajstić information content (AvgIpc) is 3.03. The summed E-state index contributed by atoms with van der Waals surface area (Å²) < 4.78 is 37.7. The van der Waals surface area contributed by atoms with Crippen molar-refractivity contribution in [1.29, 1.82) is 0 Å². The van der Waals surface area contributed by atoms with Crippen molar-refractivity contribution < 1.29 is 17.9 Å². The molecule has 0 atom stereocenters. The average molecular weight is 374 g/mol. The Bertz CT molecular complexity index is 1040. The van der Waals surface area contributed by atoms with E-state index >= 15 is 0 Å². The first kappa shape index (κ1) is 17.7. The quantitative estimate of drug-likeness (QED) is 0.680. The SMILES string of the molecule is COc1ccc(OC)c(-n2nnc(S(=O)(=O)c3ccc(N)cc3)c2C)c1. The number of nitrogens with two attached hydrogens (primary N) is 1. The van der Waals surface area contributed by atoms with E-state index < -0.39 is 9.84 Å². The van der Waals surface area contributed by atoms with Crippen LogP contribution < -0.4 is 15.2 Å². The van der Waals surface area contributed by atoms with Gasteiger partial charge in [-0.3, -0.25) is 0 Å². The lowest BCUT2D eigenvalue weighted by Crippen LogP contribution is -2.06. The first-order valence-corrected chi connectivity index (χ1v) is 9.12. The zero-order valence-corrected chi connectivity index (χ0v) is 15.3. The van der Waals surface area contributed by atoms with Gasteiger partial charge in [0.2, 0.25) is 14.9 Å². The normalized spacial score (nSPS) is 11.3. The molecule has 0 saturated heterocycles. The number of hydrogen-bond donors (Lipinski definition) is 1. The van der Waals surface area contributed by atoms with Gasteiger partial charge in [-0.1, -0.05) is 5.21 Å². The van der Waals surface area contributed by atoms with Crippen molar-refractivity contribution in [3.8, 4) is 17.2 Å². The summed E-state index contributed by atoms with van der Waals surface area (Å²) in [4.78, 5) is 0.0967. The number of aromatic nitrogens is 3. The van der Waals surface area contributed by atoms with Gasteiger partial charge in [0.25, 0.3) is 0 Å². The number of ether oxygens (including phenoxy) is 2. The molecule has 2 N–H and O–H groups in total. The third kappa shape index (κ3) is 2.97. The monoisotopic (exact) mass is 374 g/mol. The Balaban J connectivity index is 2.13. The molecule has 2 aromatic carbocycles. The molecule has 9 heteroatoms. The Labute approximate surface area is 151 Å². The first-order valence-electron chi connectivity index (χ1n) is 7.64. The van der Waals surface area contributed by atoms with Crippen molar-refractivity contribution in [3.05, 3.63) is 48.2 Å². The highest BCUT2D eigenvalue weighted by molar-refractivity contribution is 7.91. The van der Waals surface area contributed by atoms with Gasteiger partial charge in [0.1, 0.15) is 17.2 Å². The van der Waals surface area contributed by atoms with E-state index in [9.17, 15) is 8.42 Å². The number of nitrogen functional groups attached to an aromatic ring is 1. The van der Waals surface area contributed by atoms with Crippen LogP contribution in [0.25, 0.3) is 5.69 Å². The van der Waals surface area contributed by atoms with Gasteiger partial charge in [-0.05, 0) is 43.3 Å². The second-order valence-corrected chi connectivity index (χ2v) is 7.37. The van der Waals surface area contributed by atoms with Gasteiger partial charge < -0.3 is 15.2 Å². The van der Waals surface area contributed by atoms with Crippen LogP contribution >= 0.6 is 0 Å². The third-order valence-electron chi connectivity index (χ3n) is 3.91. The van der Waals surface area contributed by atoms with Crippen molar-refractivity contribution in [2.75, 3.05) is 20.0 Å². The zero-order valence-electron chi connectivity index (χ0n) is 14.5. The third-order valence-corrected chi connectivity index (χ3v) is 5.69. The molecule has 0 aliphatic carbocycles. The Morgan fingerprint density at radius 3 is 2.35 bits per heavy atom. The van der Waals surface area contributed by atoms with Gasteiger partial charge >= 0.3 is 0 Å². The summed E-state index contributed by atoms with van der Waals surface area (Å²) in [6.45, 7) is 1.63. The van der Waals surface area contributed by atoms with Crippen molar-refractivity contribution in [1.82, 2.24) is 15.0 Å². The molecule has 3 rings (SSSR count). The number of rotatable bonds is 5. The van der Waals surface area contributed by atoms with E-state index in [2.05, 4.69) is 10.3 Å². The molecular formula is C17H18N4O4S. The number of benzene rings is 2.